The Bertz CT molecular complexity index is 1160. The molecular formula is C30H39BClNO6. The average Bonchev–Trinajstić information content (AvgIpc) is 3.17. The van der Waals surface area contributed by atoms with E-state index >= 15 is 0 Å². The molecule has 9 heteroatoms. The van der Waals surface area contributed by atoms with Crippen molar-refractivity contribution in [1.82, 2.24) is 4.90 Å². The summed E-state index contributed by atoms with van der Waals surface area (Å²) in [6, 6.07) is 4.90. The van der Waals surface area contributed by atoms with Crippen LogP contribution in [-0.4, -0.2) is 57.8 Å². The monoisotopic (exact) mass is 555 g/mol. The second-order valence-electron chi connectivity index (χ2n) is 11.6. The lowest BCUT2D eigenvalue weighted by atomic mass is 9.58. The highest BCUT2D eigenvalue weighted by Crippen LogP contribution is 2.51. The molecular weight excluding hydrogens is 517 g/mol. The van der Waals surface area contributed by atoms with Crippen molar-refractivity contribution < 1.29 is 29.5 Å². The van der Waals surface area contributed by atoms with Crippen LogP contribution in [0, 0.1) is 17.8 Å². The number of benzene rings is 1. The van der Waals surface area contributed by atoms with Crippen LogP contribution in [0.2, 0.25) is 11.3 Å². The van der Waals surface area contributed by atoms with Crippen LogP contribution < -0.4 is 0 Å². The molecule has 2 saturated heterocycles. The first-order chi connectivity index (χ1) is 18.8. The minimum atomic E-state index is -1.03. The highest BCUT2D eigenvalue weighted by atomic mass is 35.5. The van der Waals surface area contributed by atoms with Gasteiger partial charge in [0, 0.05) is 6.04 Å². The van der Waals surface area contributed by atoms with Crippen LogP contribution in [0.5, 0.6) is 5.75 Å². The molecule has 1 aromatic carbocycles. The lowest BCUT2D eigenvalue weighted by Gasteiger charge is -2.43. The normalized spacial score (nSPS) is 28.3. The van der Waals surface area contributed by atoms with Gasteiger partial charge in [-0.25, -0.2) is 0 Å². The van der Waals surface area contributed by atoms with Gasteiger partial charge >= 0.3 is 7.12 Å². The van der Waals surface area contributed by atoms with Crippen molar-refractivity contribution in [3.8, 4) is 5.75 Å². The highest BCUT2D eigenvalue weighted by molar-refractivity contribution is 6.43. The van der Waals surface area contributed by atoms with Gasteiger partial charge in [-0.05, 0) is 85.7 Å². The summed E-state index contributed by atoms with van der Waals surface area (Å²) < 4.78 is 6.05. The number of likely N-dealkylation sites (tertiary alicyclic amines) is 1. The van der Waals surface area contributed by atoms with Crippen LogP contribution >= 0.6 is 11.6 Å². The smallest absolute Gasteiger partial charge is 0.455 e. The number of aliphatic hydroxyl groups is 1. The van der Waals surface area contributed by atoms with Crippen molar-refractivity contribution in [2.24, 2.45) is 17.8 Å². The summed E-state index contributed by atoms with van der Waals surface area (Å²) in [5, 5.41) is 31.3. The molecule has 2 aliphatic carbocycles. The Hall–Kier alpha value is -2.13. The minimum absolute atomic E-state index is 0.0283. The number of nitrogens with zero attached hydrogens (tertiary/aromatic N) is 1. The average molecular weight is 556 g/mol. The van der Waals surface area contributed by atoms with E-state index in [9.17, 15) is 24.8 Å². The van der Waals surface area contributed by atoms with Gasteiger partial charge in [0.05, 0.1) is 29.6 Å². The van der Waals surface area contributed by atoms with Crippen LogP contribution in [0.25, 0.3) is 6.08 Å². The van der Waals surface area contributed by atoms with Crippen molar-refractivity contribution in [1.29, 1.82) is 0 Å². The van der Waals surface area contributed by atoms with Crippen molar-refractivity contribution >= 4 is 36.6 Å². The summed E-state index contributed by atoms with van der Waals surface area (Å²) in [6.45, 7) is 1.92. The third-order valence-corrected chi connectivity index (χ3v) is 9.44. The lowest BCUT2D eigenvalue weighted by Crippen LogP contribution is -2.47. The largest absolute Gasteiger partial charge is 0.508 e. The number of carbonyl (C=O) groups is 2. The summed E-state index contributed by atoms with van der Waals surface area (Å²) in [5.74, 6) is -1.35. The maximum atomic E-state index is 13.8. The highest BCUT2D eigenvalue weighted by Gasteiger charge is 2.58. The fourth-order valence-electron chi connectivity index (χ4n) is 7.39. The second kappa shape index (κ2) is 12.2. The molecule has 0 aromatic heterocycles. The Balaban J connectivity index is 1.40. The predicted octanol–water partition coefficient (Wildman–Crippen LogP) is 5.13. The van der Waals surface area contributed by atoms with Gasteiger partial charge in [0.25, 0.3) is 0 Å². The third-order valence-electron chi connectivity index (χ3n) is 9.12. The molecule has 3 fully saturated rings. The molecule has 2 aliphatic heterocycles. The van der Waals surface area contributed by atoms with E-state index < -0.39 is 25.1 Å². The van der Waals surface area contributed by atoms with E-state index in [-0.39, 0.29) is 42.5 Å². The first-order valence-corrected chi connectivity index (χ1v) is 14.9. The molecule has 2 amide bonds. The van der Waals surface area contributed by atoms with Gasteiger partial charge in [-0.1, -0.05) is 55.9 Å². The van der Waals surface area contributed by atoms with E-state index in [4.69, 9.17) is 16.3 Å². The first-order valence-electron chi connectivity index (χ1n) is 14.5. The quantitative estimate of drug-likeness (QED) is 0.233. The number of aromatic hydroxyl groups is 1. The van der Waals surface area contributed by atoms with Gasteiger partial charge in [0.1, 0.15) is 5.75 Å². The number of carbonyl (C=O) groups excluding carboxylic acids is 2. The maximum absolute atomic E-state index is 13.8. The van der Waals surface area contributed by atoms with Crippen LogP contribution in [0.1, 0.15) is 76.7 Å². The second-order valence-corrected chi connectivity index (χ2v) is 12.0. The predicted molar refractivity (Wildman–Crippen MR) is 151 cm³/mol. The van der Waals surface area contributed by atoms with E-state index in [2.05, 4.69) is 6.92 Å². The molecule has 0 radical (unpaired) electrons. The Labute approximate surface area is 236 Å². The molecule has 39 heavy (non-hydrogen) atoms. The van der Waals surface area contributed by atoms with Crippen molar-refractivity contribution in [2.45, 2.75) is 89.6 Å². The van der Waals surface area contributed by atoms with E-state index in [1.807, 2.05) is 6.08 Å². The van der Waals surface area contributed by atoms with Gasteiger partial charge in [-0.3, -0.25) is 14.5 Å². The summed E-state index contributed by atoms with van der Waals surface area (Å²) in [4.78, 5) is 28.9. The number of fused-ring (bicyclic) bond motifs is 3. The minimum Gasteiger partial charge on any atom is -0.508 e. The summed E-state index contributed by atoms with van der Waals surface area (Å²) in [7, 11) is -1.03. The van der Waals surface area contributed by atoms with Crippen molar-refractivity contribution in [3.05, 3.63) is 45.5 Å². The van der Waals surface area contributed by atoms with Crippen LogP contribution in [0.4, 0.5) is 0 Å². The number of halogens is 1. The van der Waals surface area contributed by atoms with E-state index in [1.165, 1.54) is 11.6 Å². The number of hydrogen-bond acceptors (Lipinski definition) is 6. The number of aliphatic hydroxyl groups excluding tert-OH is 1. The number of allylic oxidation sites excluding steroid dienone is 1. The topological polar surface area (TPSA) is 107 Å². The number of rotatable bonds is 8. The zero-order valence-corrected chi connectivity index (χ0v) is 23.4. The van der Waals surface area contributed by atoms with Crippen molar-refractivity contribution in [2.75, 3.05) is 6.61 Å². The van der Waals surface area contributed by atoms with Crippen LogP contribution in [0.15, 0.2) is 34.9 Å². The number of phenols is 1. The molecule has 3 N–H and O–H groups in total. The zero-order valence-electron chi connectivity index (χ0n) is 22.7. The number of imide groups is 1. The Morgan fingerprint density at radius 3 is 2.62 bits per heavy atom. The molecule has 2 heterocycles. The Morgan fingerprint density at radius 1 is 1.15 bits per heavy atom. The summed E-state index contributed by atoms with van der Waals surface area (Å²) >= 11 is 6.35. The van der Waals surface area contributed by atoms with Crippen LogP contribution in [-0.2, 0) is 14.2 Å². The summed E-state index contributed by atoms with van der Waals surface area (Å²) in [6.07, 6.45) is 10.2. The molecule has 0 bridgehead atoms. The molecule has 0 unspecified atom stereocenters. The van der Waals surface area contributed by atoms with E-state index in [0.29, 0.717) is 24.3 Å². The van der Waals surface area contributed by atoms with Crippen LogP contribution in [0.3, 0.4) is 0 Å². The van der Waals surface area contributed by atoms with Gasteiger partial charge in [-0.15, -0.1) is 0 Å². The molecule has 0 spiro atoms. The zero-order chi connectivity index (χ0) is 27.7. The van der Waals surface area contributed by atoms with E-state index in [1.54, 1.807) is 17.0 Å². The van der Waals surface area contributed by atoms with Crippen molar-refractivity contribution in [3.63, 3.8) is 0 Å². The molecule has 5 rings (SSSR count). The van der Waals surface area contributed by atoms with Gasteiger partial charge in [-0.2, -0.15) is 0 Å². The summed E-state index contributed by atoms with van der Waals surface area (Å²) in [5.41, 5.74) is 3.69. The standard InChI is InChI=1S/C30H39BClNO6/c1-2-6-18(13-19-10-11-22(35)15-25(19)32)9-12-26-27-20(17-34)14-23-28(24(27)16-31(38)39-26)30(37)33(29(23)36)21-7-4-3-5-8-21/h10-11,13,15,21,23-24,26,28,34-35,38H,2-9,12,14,16-17H2,1H3/b18-13+/t23-,24+,26-,28-/m1/s1. The number of amides is 2. The first kappa shape index (κ1) is 28.4. The number of hydrogen-bond donors (Lipinski definition) is 3. The van der Waals surface area contributed by atoms with Gasteiger partial charge in [0.2, 0.25) is 11.8 Å². The molecule has 4 atom stereocenters. The SMILES string of the molecule is CCC/C(=C\c1ccc(O)cc1Cl)CC[C@H]1OB(O)C[C@H]2C1=C(CO)C[C@H]1C(=O)N(C3CCCCC3)C(=O)[C@H]12. The Morgan fingerprint density at radius 2 is 1.92 bits per heavy atom. The third kappa shape index (κ3) is 5.71. The Kier molecular flexibility index (Phi) is 8.86. The van der Waals surface area contributed by atoms with E-state index in [0.717, 1.165) is 61.7 Å². The van der Waals surface area contributed by atoms with Gasteiger partial charge < -0.3 is 19.9 Å². The molecule has 7 nitrogen and oxygen atoms in total. The number of phenolic OH excluding ortho intramolecular Hbond substituents is 1. The molecule has 210 valence electrons. The fraction of sp³-hybridized carbons (Fsp3) is 0.600. The fourth-order valence-corrected chi connectivity index (χ4v) is 7.62. The lowest BCUT2D eigenvalue weighted by molar-refractivity contribution is -0.143. The molecule has 4 aliphatic rings. The maximum Gasteiger partial charge on any atom is 0.455 e. The van der Waals surface area contributed by atoms with Gasteiger partial charge in [0.15, 0.2) is 0 Å². The molecule has 1 aromatic rings. The molecule has 1 saturated carbocycles.